The summed E-state index contributed by atoms with van der Waals surface area (Å²) in [4.78, 5) is 13.8. The summed E-state index contributed by atoms with van der Waals surface area (Å²) in [7, 11) is 1.66. The maximum atomic E-state index is 12.6. The molecule has 2 N–H and O–H groups in total. The summed E-state index contributed by atoms with van der Waals surface area (Å²) < 4.78 is 5.29. The van der Waals surface area contributed by atoms with Crippen LogP contribution >= 0.6 is 24.2 Å². The lowest BCUT2D eigenvalue weighted by molar-refractivity contribution is -0.130. The number of hydrogen-bond donors (Lipinski definition) is 2. The topological polar surface area (TPSA) is 50.4 Å². The minimum absolute atomic E-state index is 0. The van der Waals surface area contributed by atoms with E-state index in [1.807, 2.05) is 30.5 Å². The molecule has 4 nitrogen and oxygen atoms in total. The van der Waals surface area contributed by atoms with Crippen LogP contribution in [0.4, 0.5) is 5.69 Å². The van der Waals surface area contributed by atoms with Gasteiger partial charge in [0.1, 0.15) is 0 Å². The third-order valence-electron chi connectivity index (χ3n) is 3.81. The van der Waals surface area contributed by atoms with Crippen LogP contribution in [0, 0.1) is 5.41 Å². The number of nitrogens with one attached hydrogen (secondary N) is 2. The fourth-order valence-corrected chi connectivity index (χ4v) is 2.96. The maximum absolute atomic E-state index is 12.6. The monoisotopic (exact) mass is 330 g/mol. The van der Waals surface area contributed by atoms with Crippen molar-refractivity contribution in [3.05, 3.63) is 24.3 Å². The van der Waals surface area contributed by atoms with Gasteiger partial charge in [0.05, 0.1) is 12.0 Å². The van der Waals surface area contributed by atoms with Gasteiger partial charge < -0.3 is 15.4 Å². The van der Waals surface area contributed by atoms with Gasteiger partial charge in [0.25, 0.3) is 0 Å². The molecule has 0 spiro atoms. The van der Waals surface area contributed by atoms with Crippen molar-refractivity contribution in [3.63, 3.8) is 0 Å². The summed E-state index contributed by atoms with van der Waals surface area (Å²) in [6.07, 6.45) is 3.67. The zero-order valence-electron chi connectivity index (χ0n) is 12.5. The second kappa shape index (κ2) is 8.63. The summed E-state index contributed by atoms with van der Waals surface area (Å²) >= 11 is 1.69. The van der Waals surface area contributed by atoms with Crippen molar-refractivity contribution >= 4 is 35.8 Å². The molecule has 1 aromatic carbocycles. The van der Waals surface area contributed by atoms with Gasteiger partial charge in [0, 0.05) is 17.7 Å². The molecule has 1 aliphatic heterocycles. The molecular weight excluding hydrogens is 308 g/mol. The number of anilines is 1. The standard InChI is InChI=1S/C15H22N2O2S.ClH/c1-19-11-15(7-9-16-10-8-15)14(18)17-12-3-5-13(20-2)6-4-12;/h3-6,16H,7-11H2,1-2H3,(H,17,18);1H. The van der Waals surface area contributed by atoms with Gasteiger partial charge in [-0.1, -0.05) is 0 Å². The number of carbonyl (C=O) groups is 1. The summed E-state index contributed by atoms with van der Waals surface area (Å²) in [5.41, 5.74) is 0.444. The van der Waals surface area contributed by atoms with Crippen molar-refractivity contribution in [3.8, 4) is 0 Å². The number of rotatable bonds is 5. The Kier molecular flexibility index (Phi) is 7.52. The molecular formula is C15H23ClN2O2S. The van der Waals surface area contributed by atoms with Gasteiger partial charge in [-0.3, -0.25) is 4.79 Å². The molecule has 1 fully saturated rings. The van der Waals surface area contributed by atoms with Gasteiger partial charge in [-0.25, -0.2) is 0 Å². The summed E-state index contributed by atoms with van der Waals surface area (Å²) in [5.74, 6) is 0.0674. The van der Waals surface area contributed by atoms with Crippen molar-refractivity contribution in [2.24, 2.45) is 5.41 Å². The van der Waals surface area contributed by atoms with Crippen molar-refractivity contribution in [1.29, 1.82) is 0 Å². The quantitative estimate of drug-likeness (QED) is 0.815. The van der Waals surface area contributed by atoms with Crippen LogP contribution in [-0.4, -0.2) is 39.0 Å². The Morgan fingerprint density at radius 1 is 1.33 bits per heavy atom. The van der Waals surface area contributed by atoms with E-state index in [-0.39, 0.29) is 18.3 Å². The highest BCUT2D eigenvalue weighted by atomic mass is 35.5. The van der Waals surface area contributed by atoms with Gasteiger partial charge in [0.2, 0.25) is 5.91 Å². The number of benzene rings is 1. The smallest absolute Gasteiger partial charge is 0.233 e. The Labute approximate surface area is 136 Å². The van der Waals surface area contributed by atoms with E-state index >= 15 is 0 Å². The van der Waals surface area contributed by atoms with E-state index in [4.69, 9.17) is 4.74 Å². The van der Waals surface area contributed by atoms with E-state index in [0.717, 1.165) is 31.6 Å². The Hall–Kier alpha value is -0.750. The zero-order chi connectivity index (χ0) is 14.4. The number of ether oxygens (including phenoxy) is 1. The molecule has 0 bridgehead atoms. The number of methoxy groups -OCH3 is 1. The Balaban J connectivity index is 0.00000220. The molecule has 118 valence electrons. The van der Waals surface area contributed by atoms with Crippen molar-refractivity contribution < 1.29 is 9.53 Å². The first-order valence-electron chi connectivity index (χ1n) is 6.85. The average molecular weight is 331 g/mol. The number of halogens is 1. The third-order valence-corrected chi connectivity index (χ3v) is 4.55. The van der Waals surface area contributed by atoms with Gasteiger partial charge >= 0.3 is 0 Å². The lowest BCUT2D eigenvalue weighted by Gasteiger charge is -2.35. The number of thioether (sulfide) groups is 1. The van der Waals surface area contributed by atoms with E-state index in [2.05, 4.69) is 10.6 Å². The first-order chi connectivity index (χ1) is 9.70. The molecule has 0 atom stereocenters. The highest BCUT2D eigenvalue weighted by Crippen LogP contribution is 2.31. The van der Waals surface area contributed by atoms with E-state index in [9.17, 15) is 4.79 Å². The zero-order valence-corrected chi connectivity index (χ0v) is 14.1. The van der Waals surface area contributed by atoms with Gasteiger partial charge in [0.15, 0.2) is 0 Å². The largest absolute Gasteiger partial charge is 0.384 e. The van der Waals surface area contributed by atoms with Crippen LogP contribution < -0.4 is 10.6 Å². The average Bonchev–Trinajstić information content (AvgIpc) is 2.49. The predicted molar refractivity (Wildman–Crippen MR) is 90.5 cm³/mol. The van der Waals surface area contributed by atoms with Crippen LogP contribution in [0.1, 0.15) is 12.8 Å². The molecule has 0 aliphatic carbocycles. The van der Waals surface area contributed by atoms with Gasteiger partial charge in [-0.2, -0.15) is 0 Å². The minimum Gasteiger partial charge on any atom is -0.384 e. The van der Waals surface area contributed by atoms with Gasteiger partial charge in [-0.05, 0) is 56.5 Å². The molecule has 1 aromatic rings. The Morgan fingerprint density at radius 3 is 2.48 bits per heavy atom. The number of amides is 1. The molecule has 1 aliphatic rings. The Bertz CT molecular complexity index is 442. The molecule has 2 rings (SSSR count). The number of carbonyl (C=O) groups excluding carboxylic acids is 1. The second-order valence-electron chi connectivity index (χ2n) is 5.15. The van der Waals surface area contributed by atoms with Crippen molar-refractivity contribution in [2.75, 3.05) is 38.4 Å². The van der Waals surface area contributed by atoms with Crippen LogP contribution in [0.15, 0.2) is 29.2 Å². The highest BCUT2D eigenvalue weighted by Gasteiger charge is 2.39. The molecule has 1 amide bonds. The predicted octanol–water partition coefficient (Wildman–Crippen LogP) is 2.79. The molecule has 0 unspecified atom stereocenters. The lowest BCUT2D eigenvalue weighted by atomic mass is 9.78. The summed E-state index contributed by atoms with van der Waals surface area (Å²) in [6, 6.07) is 7.94. The van der Waals surface area contributed by atoms with Crippen molar-refractivity contribution in [2.45, 2.75) is 17.7 Å². The normalized spacial score (nSPS) is 16.9. The molecule has 21 heavy (non-hydrogen) atoms. The fraction of sp³-hybridized carbons (Fsp3) is 0.533. The summed E-state index contributed by atoms with van der Waals surface area (Å²) in [5, 5.41) is 6.33. The fourth-order valence-electron chi connectivity index (χ4n) is 2.56. The Morgan fingerprint density at radius 2 is 1.95 bits per heavy atom. The summed E-state index contributed by atoms with van der Waals surface area (Å²) in [6.45, 7) is 2.20. The second-order valence-corrected chi connectivity index (χ2v) is 6.03. The van der Waals surface area contributed by atoms with Crippen LogP contribution in [0.3, 0.4) is 0 Å². The first-order valence-corrected chi connectivity index (χ1v) is 8.08. The third kappa shape index (κ3) is 4.61. The molecule has 1 heterocycles. The van der Waals surface area contributed by atoms with Crippen LogP contribution in [-0.2, 0) is 9.53 Å². The molecule has 0 aromatic heterocycles. The van der Waals surface area contributed by atoms with Crippen LogP contribution in [0.2, 0.25) is 0 Å². The van der Waals surface area contributed by atoms with Crippen LogP contribution in [0.25, 0.3) is 0 Å². The highest BCUT2D eigenvalue weighted by molar-refractivity contribution is 7.98. The van der Waals surface area contributed by atoms with Gasteiger partial charge in [-0.15, -0.1) is 24.2 Å². The SMILES string of the molecule is COCC1(C(=O)Nc2ccc(SC)cc2)CCNCC1.Cl. The molecule has 0 radical (unpaired) electrons. The van der Waals surface area contributed by atoms with E-state index in [1.165, 1.54) is 4.90 Å². The van der Waals surface area contributed by atoms with E-state index in [0.29, 0.717) is 6.61 Å². The number of piperidine rings is 1. The molecule has 0 saturated carbocycles. The molecule has 1 saturated heterocycles. The van der Waals surface area contributed by atoms with E-state index < -0.39 is 5.41 Å². The van der Waals surface area contributed by atoms with E-state index in [1.54, 1.807) is 18.9 Å². The number of hydrogen-bond acceptors (Lipinski definition) is 4. The lowest BCUT2D eigenvalue weighted by Crippen LogP contribution is -2.47. The van der Waals surface area contributed by atoms with Crippen molar-refractivity contribution in [1.82, 2.24) is 5.32 Å². The maximum Gasteiger partial charge on any atom is 0.233 e. The minimum atomic E-state index is -0.405. The first kappa shape index (κ1) is 18.3. The molecule has 6 heteroatoms. The van der Waals surface area contributed by atoms with Crippen LogP contribution in [0.5, 0.6) is 0 Å².